The van der Waals surface area contributed by atoms with Gasteiger partial charge in [-0.25, -0.2) is 0 Å². The Morgan fingerprint density at radius 1 is 1.11 bits per heavy atom. The molecule has 1 unspecified atom stereocenters. The van der Waals surface area contributed by atoms with Gasteiger partial charge < -0.3 is 19.9 Å². The van der Waals surface area contributed by atoms with Gasteiger partial charge in [0, 0.05) is 44.3 Å². The number of morpholine rings is 1. The average molecular weight is 384 g/mol. The van der Waals surface area contributed by atoms with Gasteiger partial charge in [-0.2, -0.15) is 0 Å². The number of nitrogens with one attached hydrogen (secondary N) is 2. The highest BCUT2D eigenvalue weighted by Gasteiger charge is 2.26. The molecule has 0 spiro atoms. The number of carbonyl (C=O) groups is 2. The number of benzene rings is 1. The van der Waals surface area contributed by atoms with Crippen molar-refractivity contribution < 1.29 is 14.3 Å². The third-order valence-electron chi connectivity index (χ3n) is 5.24. The Labute approximate surface area is 165 Å². The molecule has 1 aromatic carbocycles. The van der Waals surface area contributed by atoms with Crippen LogP contribution in [0.5, 0.6) is 0 Å². The van der Waals surface area contributed by atoms with Gasteiger partial charge in [0.2, 0.25) is 0 Å². The van der Waals surface area contributed by atoms with Gasteiger partial charge in [-0.3, -0.25) is 14.5 Å². The Morgan fingerprint density at radius 3 is 2.50 bits per heavy atom. The third-order valence-corrected chi connectivity index (χ3v) is 5.24. The fourth-order valence-corrected chi connectivity index (χ4v) is 3.41. The molecule has 1 aliphatic heterocycles. The number of anilines is 1. The largest absolute Gasteiger partial charge is 0.379 e. The highest BCUT2D eigenvalue weighted by molar-refractivity contribution is 6.39. The van der Waals surface area contributed by atoms with Crippen molar-refractivity contribution in [1.29, 1.82) is 0 Å². The molecule has 1 aromatic heterocycles. The lowest BCUT2D eigenvalue weighted by Gasteiger charge is -2.34. The summed E-state index contributed by atoms with van der Waals surface area (Å²) in [5.41, 5.74) is 3.92. The maximum atomic E-state index is 12.4. The van der Waals surface area contributed by atoms with Crippen molar-refractivity contribution in [2.75, 3.05) is 38.2 Å². The Hall–Kier alpha value is -2.64. The first kappa shape index (κ1) is 20.1. The minimum absolute atomic E-state index is 0.0118. The summed E-state index contributed by atoms with van der Waals surface area (Å²) in [5.74, 6) is -1.29. The first-order chi connectivity index (χ1) is 13.5. The molecule has 0 aliphatic carbocycles. The lowest BCUT2D eigenvalue weighted by Crippen LogP contribution is -2.46. The number of ether oxygens (including phenoxy) is 1. The molecule has 2 N–H and O–H groups in total. The molecule has 1 saturated heterocycles. The van der Waals surface area contributed by atoms with Gasteiger partial charge in [-0.1, -0.05) is 6.07 Å². The SMILES string of the molecule is Cc1ccc(NC(=O)C(=O)NCC(c2cccn2C)N2CCOCC2)cc1C. The fourth-order valence-electron chi connectivity index (χ4n) is 3.41. The topological polar surface area (TPSA) is 75.6 Å². The van der Waals surface area contributed by atoms with Crippen molar-refractivity contribution in [3.63, 3.8) is 0 Å². The molecule has 1 fully saturated rings. The normalized spacial score (nSPS) is 15.8. The molecule has 0 saturated carbocycles. The molecule has 2 amide bonds. The number of carbonyl (C=O) groups excluding carboxylic acids is 2. The molecule has 3 rings (SSSR count). The van der Waals surface area contributed by atoms with E-state index in [0.29, 0.717) is 25.4 Å². The molecule has 28 heavy (non-hydrogen) atoms. The summed E-state index contributed by atoms with van der Waals surface area (Å²) >= 11 is 0. The lowest BCUT2D eigenvalue weighted by molar-refractivity contribution is -0.136. The Bertz CT molecular complexity index is 840. The minimum atomic E-state index is -0.657. The van der Waals surface area contributed by atoms with Crippen LogP contribution in [-0.2, 0) is 21.4 Å². The maximum Gasteiger partial charge on any atom is 0.313 e. The molecule has 150 valence electrons. The zero-order valence-corrected chi connectivity index (χ0v) is 16.7. The molecule has 0 bridgehead atoms. The van der Waals surface area contributed by atoms with Crippen molar-refractivity contribution in [1.82, 2.24) is 14.8 Å². The molecular formula is C21H28N4O3. The summed E-state index contributed by atoms with van der Waals surface area (Å²) in [6.45, 7) is 7.25. The van der Waals surface area contributed by atoms with Crippen LogP contribution in [0, 0.1) is 13.8 Å². The number of aromatic nitrogens is 1. The Morgan fingerprint density at radius 2 is 1.86 bits per heavy atom. The molecule has 0 radical (unpaired) electrons. The first-order valence-electron chi connectivity index (χ1n) is 9.55. The second-order valence-corrected chi connectivity index (χ2v) is 7.17. The zero-order chi connectivity index (χ0) is 20.1. The van der Waals surface area contributed by atoms with Crippen LogP contribution >= 0.6 is 0 Å². The van der Waals surface area contributed by atoms with Crippen LogP contribution in [0.15, 0.2) is 36.5 Å². The van der Waals surface area contributed by atoms with Gasteiger partial charge in [-0.05, 0) is 49.2 Å². The number of nitrogens with zero attached hydrogens (tertiary/aromatic N) is 2. The molecule has 2 heterocycles. The molecule has 2 aromatic rings. The standard InChI is InChI=1S/C21H28N4O3/c1-15-6-7-17(13-16(15)2)23-21(27)20(26)22-14-19(18-5-4-8-24(18)3)25-9-11-28-12-10-25/h4-8,13,19H,9-12,14H2,1-3H3,(H,22,26)(H,23,27). The van der Waals surface area contributed by atoms with E-state index in [1.165, 1.54) is 0 Å². The van der Waals surface area contributed by atoms with Crippen LogP contribution in [0.1, 0.15) is 22.9 Å². The van der Waals surface area contributed by atoms with Crippen LogP contribution in [-0.4, -0.2) is 54.1 Å². The van der Waals surface area contributed by atoms with Gasteiger partial charge in [0.15, 0.2) is 0 Å². The Balaban J connectivity index is 1.63. The third kappa shape index (κ3) is 4.79. The minimum Gasteiger partial charge on any atom is -0.379 e. The monoisotopic (exact) mass is 384 g/mol. The van der Waals surface area contributed by atoms with Crippen LogP contribution in [0.4, 0.5) is 5.69 Å². The number of rotatable bonds is 5. The van der Waals surface area contributed by atoms with E-state index < -0.39 is 11.8 Å². The zero-order valence-electron chi connectivity index (χ0n) is 16.7. The van der Waals surface area contributed by atoms with Gasteiger partial charge in [0.1, 0.15) is 0 Å². The van der Waals surface area contributed by atoms with Crippen LogP contribution in [0.2, 0.25) is 0 Å². The highest BCUT2D eigenvalue weighted by Crippen LogP contribution is 2.21. The van der Waals surface area contributed by atoms with E-state index in [1.54, 1.807) is 6.07 Å². The van der Waals surface area contributed by atoms with Gasteiger partial charge in [0.25, 0.3) is 0 Å². The van der Waals surface area contributed by atoms with E-state index >= 15 is 0 Å². The van der Waals surface area contributed by atoms with E-state index in [4.69, 9.17) is 4.74 Å². The van der Waals surface area contributed by atoms with Gasteiger partial charge in [-0.15, -0.1) is 0 Å². The van der Waals surface area contributed by atoms with Crippen molar-refractivity contribution in [3.05, 3.63) is 53.3 Å². The van der Waals surface area contributed by atoms with Crippen LogP contribution in [0.3, 0.4) is 0 Å². The van der Waals surface area contributed by atoms with Crippen molar-refractivity contribution in [3.8, 4) is 0 Å². The summed E-state index contributed by atoms with van der Waals surface area (Å²) in [5, 5.41) is 5.46. The second-order valence-electron chi connectivity index (χ2n) is 7.17. The molecule has 7 heteroatoms. The molecular weight excluding hydrogens is 356 g/mol. The Kier molecular flexibility index (Phi) is 6.49. The predicted molar refractivity (Wildman–Crippen MR) is 108 cm³/mol. The van der Waals surface area contributed by atoms with Gasteiger partial charge >= 0.3 is 11.8 Å². The highest BCUT2D eigenvalue weighted by atomic mass is 16.5. The predicted octanol–water partition coefficient (Wildman–Crippen LogP) is 1.77. The summed E-state index contributed by atoms with van der Waals surface area (Å²) in [6, 6.07) is 9.60. The van der Waals surface area contributed by atoms with E-state index in [2.05, 4.69) is 15.5 Å². The van der Waals surface area contributed by atoms with Gasteiger partial charge in [0.05, 0.1) is 19.3 Å². The molecule has 1 atom stereocenters. The lowest BCUT2D eigenvalue weighted by atomic mass is 10.1. The summed E-state index contributed by atoms with van der Waals surface area (Å²) in [6.07, 6.45) is 1.98. The first-order valence-corrected chi connectivity index (χ1v) is 9.55. The quantitative estimate of drug-likeness (QED) is 0.771. The van der Waals surface area contributed by atoms with E-state index in [-0.39, 0.29) is 6.04 Å². The average Bonchev–Trinajstić information content (AvgIpc) is 3.11. The summed E-state index contributed by atoms with van der Waals surface area (Å²) < 4.78 is 7.49. The maximum absolute atomic E-state index is 12.4. The van der Waals surface area contributed by atoms with Crippen LogP contribution in [0.25, 0.3) is 0 Å². The van der Waals surface area contributed by atoms with Crippen molar-refractivity contribution in [2.45, 2.75) is 19.9 Å². The molecule has 1 aliphatic rings. The molecule has 7 nitrogen and oxygen atoms in total. The van der Waals surface area contributed by atoms with Crippen molar-refractivity contribution >= 4 is 17.5 Å². The van der Waals surface area contributed by atoms with Crippen molar-refractivity contribution in [2.24, 2.45) is 7.05 Å². The van der Waals surface area contributed by atoms with E-state index in [0.717, 1.165) is 29.9 Å². The summed E-state index contributed by atoms with van der Waals surface area (Å²) in [7, 11) is 1.98. The number of amides is 2. The number of hydrogen-bond donors (Lipinski definition) is 2. The second kappa shape index (κ2) is 9.03. The fraction of sp³-hybridized carbons (Fsp3) is 0.429. The number of aryl methyl sites for hydroxylation is 3. The van der Waals surface area contributed by atoms with Crippen LogP contribution < -0.4 is 10.6 Å². The smallest absolute Gasteiger partial charge is 0.313 e. The number of hydrogen-bond acceptors (Lipinski definition) is 4. The summed E-state index contributed by atoms with van der Waals surface area (Å²) in [4.78, 5) is 26.9. The van der Waals surface area contributed by atoms with E-state index in [1.807, 2.05) is 55.9 Å². The van der Waals surface area contributed by atoms with E-state index in [9.17, 15) is 9.59 Å².